The standard InChI is InChI=1S/C32H39FN8OS/c1-20-8-5-11-40(16-20)30(38-19-42-17-32-9-6-12-41(32)13-7-10-32)23-15-36-29(26(33)27(23)35-4)25-22(3)21(2)14-24-28(25)39-31(43-24)37-18-34/h14-15,20H,4-13,16-17,19H2,1-3H3,(H,37,39)/b38-30+. The van der Waals surface area contributed by atoms with E-state index in [1.165, 1.54) is 37.0 Å². The number of thiazole rings is 1. The first kappa shape index (κ1) is 29.6. The first-order chi connectivity index (χ1) is 20.8. The predicted octanol–water partition coefficient (Wildman–Crippen LogP) is 6.42. The third-order valence-corrected chi connectivity index (χ3v) is 10.4. The van der Waals surface area contributed by atoms with Gasteiger partial charge in [0.25, 0.3) is 0 Å². The van der Waals surface area contributed by atoms with Gasteiger partial charge in [0.1, 0.15) is 23.9 Å². The van der Waals surface area contributed by atoms with Crippen LogP contribution >= 0.6 is 11.3 Å². The molecule has 1 N–H and O–H groups in total. The molecule has 0 amide bonds. The molecule has 6 rings (SSSR count). The van der Waals surface area contributed by atoms with E-state index in [4.69, 9.17) is 20.0 Å². The van der Waals surface area contributed by atoms with Crippen molar-refractivity contribution in [2.45, 2.75) is 64.8 Å². The molecule has 5 heterocycles. The number of piperidine rings is 1. The monoisotopic (exact) mass is 602 g/mol. The highest BCUT2D eigenvalue weighted by molar-refractivity contribution is 7.22. The second kappa shape index (κ2) is 12.3. The molecule has 9 nitrogen and oxygen atoms in total. The number of nitriles is 1. The second-order valence-corrected chi connectivity index (χ2v) is 13.2. The van der Waals surface area contributed by atoms with Gasteiger partial charge in [-0.25, -0.2) is 14.4 Å². The van der Waals surface area contributed by atoms with Gasteiger partial charge < -0.3 is 9.64 Å². The minimum Gasteiger partial charge on any atom is -0.357 e. The Bertz CT molecular complexity index is 1600. The van der Waals surface area contributed by atoms with Crippen molar-refractivity contribution in [2.75, 3.05) is 44.8 Å². The van der Waals surface area contributed by atoms with Crippen LogP contribution in [0.15, 0.2) is 22.2 Å². The minimum atomic E-state index is -0.560. The van der Waals surface area contributed by atoms with Gasteiger partial charge in [-0.2, -0.15) is 5.26 Å². The number of ether oxygens (including phenoxy) is 1. The quantitative estimate of drug-likeness (QED) is 0.104. The minimum absolute atomic E-state index is 0.123. The van der Waals surface area contributed by atoms with Gasteiger partial charge in [0, 0.05) is 30.4 Å². The molecule has 1 atom stereocenters. The number of benzene rings is 1. The molecule has 0 saturated carbocycles. The Morgan fingerprint density at radius 1 is 1.28 bits per heavy atom. The number of aryl methyl sites for hydroxylation is 1. The molecule has 3 fully saturated rings. The molecule has 1 unspecified atom stereocenters. The number of aliphatic imine (C=N–C) groups is 2. The summed E-state index contributed by atoms with van der Waals surface area (Å²) in [6.07, 6.45) is 10.6. The fourth-order valence-corrected chi connectivity index (χ4v) is 8.11. The number of pyridine rings is 1. The van der Waals surface area contributed by atoms with Crippen molar-refractivity contribution in [3.63, 3.8) is 0 Å². The van der Waals surface area contributed by atoms with Gasteiger partial charge in [-0.3, -0.25) is 20.2 Å². The van der Waals surface area contributed by atoms with E-state index in [2.05, 4.69) is 38.7 Å². The van der Waals surface area contributed by atoms with Crippen molar-refractivity contribution < 1.29 is 9.13 Å². The Morgan fingerprint density at radius 2 is 2.07 bits per heavy atom. The van der Waals surface area contributed by atoms with Crippen LogP contribution in [0.1, 0.15) is 62.1 Å². The van der Waals surface area contributed by atoms with Gasteiger partial charge >= 0.3 is 0 Å². The lowest BCUT2D eigenvalue weighted by molar-refractivity contribution is 0.0387. The Balaban J connectivity index is 1.38. The van der Waals surface area contributed by atoms with Crippen LogP contribution in [0.25, 0.3) is 21.5 Å². The fraction of sp³-hybridized carbons (Fsp3) is 0.531. The topological polar surface area (TPSA) is 102 Å². The number of amidine groups is 1. The maximum Gasteiger partial charge on any atom is 0.197 e. The first-order valence-electron chi connectivity index (χ1n) is 15.2. The Hall–Kier alpha value is -3.46. The first-order valence-corrected chi connectivity index (χ1v) is 16.0. The van der Waals surface area contributed by atoms with Gasteiger partial charge in [0.2, 0.25) is 0 Å². The maximum absolute atomic E-state index is 16.6. The van der Waals surface area contributed by atoms with Crippen molar-refractivity contribution in [2.24, 2.45) is 15.9 Å². The van der Waals surface area contributed by atoms with Gasteiger partial charge in [0.15, 0.2) is 17.1 Å². The number of rotatable bonds is 8. The number of fused-ring (bicyclic) bond motifs is 2. The molecule has 0 spiro atoms. The molecule has 0 radical (unpaired) electrons. The Kier molecular flexibility index (Phi) is 8.45. The largest absolute Gasteiger partial charge is 0.357 e. The van der Waals surface area contributed by atoms with Crippen molar-refractivity contribution in [1.29, 1.82) is 5.26 Å². The average molecular weight is 603 g/mol. The Labute approximate surface area is 256 Å². The van der Waals surface area contributed by atoms with Crippen LogP contribution in [0.2, 0.25) is 0 Å². The zero-order chi connectivity index (χ0) is 30.1. The summed E-state index contributed by atoms with van der Waals surface area (Å²) < 4.78 is 23.6. The molecule has 3 saturated heterocycles. The van der Waals surface area contributed by atoms with Gasteiger partial charge in [0.05, 0.1) is 22.4 Å². The highest BCUT2D eigenvalue weighted by Crippen LogP contribution is 2.41. The molecule has 11 heteroatoms. The van der Waals surface area contributed by atoms with Crippen molar-refractivity contribution in [3.05, 3.63) is 34.8 Å². The highest BCUT2D eigenvalue weighted by Gasteiger charge is 2.44. The zero-order valence-electron chi connectivity index (χ0n) is 25.2. The van der Waals surface area contributed by atoms with Crippen LogP contribution in [0.4, 0.5) is 15.2 Å². The SMILES string of the molecule is C=Nc1c(/C(=N\COCC23CCCN2CCC3)N2CCCC(C)C2)cnc(-c2c(C)c(C)cc3sc(NC#N)nc23)c1F. The summed E-state index contributed by atoms with van der Waals surface area (Å²) in [6, 6.07) is 2.01. The molecule has 226 valence electrons. The molecule has 3 aromatic rings. The van der Waals surface area contributed by atoms with Crippen LogP contribution in [0.5, 0.6) is 0 Å². The molecule has 1 aromatic carbocycles. The number of hydrogen-bond acceptors (Lipinski definition) is 9. The summed E-state index contributed by atoms with van der Waals surface area (Å²) in [5, 5.41) is 12.2. The van der Waals surface area contributed by atoms with E-state index in [1.807, 2.05) is 26.1 Å². The van der Waals surface area contributed by atoms with Crippen LogP contribution in [0, 0.1) is 37.0 Å². The number of likely N-dealkylation sites (tertiary alicyclic amines) is 1. The third-order valence-electron chi connectivity index (χ3n) is 9.44. The van der Waals surface area contributed by atoms with Crippen LogP contribution in [0.3, 0.4) is 0 Å². The van der Waals surface area contributed by atoms with E-state index < -0.39 is 5.82 Å². The summed E-state index contributed by atoms with van der Waals surface area (Å²) in [7, 11) is 0. The fourth-order valence-electron chi connectivity index (χ4n) is 7.19. The van der Waals surface area contributed by atoms with E-state index in [-0.39, 0.29) is 23.7 Å². The van der Waals surface area contributed by atoms with Crippen molar-refractivity contribution >= 4 is 44.9 Å². The molecular weight excluding hydrogens is 563 g/mol. The van der Waals surface area contributed by atoms with Gasteiger partial charge in [-0.15, -0.1) is 0 Å². The summed E-state index contributed by atoms with van der Waals surface area (Å²) in [4.78, 5) is 23.2. The smallest absolute Gasteiger partial charge is 0.197 e. The number of aromatic nitrogens is 2. The van der Waals surface area contributed by atoms with E-state index >= 15 is 4.39 Å². The van der Waals surface area contributed by atoms with Gasteiger partial charge in [-0.1, -0.05) is 18.3 Å². The predicted molar refractivity (Wildman–Crippen MR) is 171 cm³/mol. The van der Waals surface area contributed by atoms with Crippen molar-refractivity contribution in [1.82, 2.24) is 19.8 Å². The highest BCUT2D eigenvalue weighted by atomic mass is 32.1. The average Bonchev–Trinajstić information content (AvgIpc) is 3.68. The van der Waals surface area contributed by atoms with Crippen LogP contribution in [-0.2, 0) is 4.74 Å². The lowest BCUT2D eigenvalue weighted by atomic mass is 9.95. The van der Waals surface area contributed by atoms with E-state index in [1.54, 1.807) is 6.20 Å². The summed E-state index contributed by atoms with van der Waals surface area (Å²) in [5.74, 6) is 0.584. The van der Waals surface area contributed by atoms with Crippen LogP contribution in [-0.4, -0.2) is 77.4 Å². The zero-order valence-corrected chi connectivity index (χ0v) is 26.1. The number of nitrogens with one attached hydrogen (secondary N) is 1. The summed E-state index contributed by atoms with van der Waals surface area (Å²) >= 11 is 1.35. The lowest BCUT2D eigenvalue weighted by Crippen LogP contribution is -2.42. The Morgan fingerprint density at radius 3 is 2.79 bits per heavy atom. The number of hydrogen-bond donors (Lipinski definition) is 1. The van der Waals surface area contributed by atoms with E-state index in [9.17, 15) is 0 Å². The molecule has 43 heavy (non-hydrogen) atoms. The van der Waals surface area contributed by atoms with Crippen LogP contribution < -0.4 is 5.32 Å². The molecule has 0 aliphatic carbocycles. The lowest BCUT2D eigenvalue weighted by Gasteiger charge is -2.34. The molecule has 0 bridgehead atoms. The van der Waals surface area contributed by atoms with Crippen molar-refractivity contribution in [3.8, 4) is 17.5 Å². The number of anilines is 1. The maximum atomic E-state index is 16.6. The molecular formula is C32H39FN8OS. The molecule has 2 aromatic heterocycles. The van der Waals surface area contributed by atoms with Gasteiger partial charge in [-0.05, 0) is 95.3 Å². The normalized spacial score (nSPS) is 20.4. The number of nitrogens with zero attached hydrogens (tertiary/aromatic N) is 7. The number of halogens is 1. The summed E-state index contributed by atoms with van der Waals surface area (Å²) in [6.45, 7) is 14.7. The third kappa shape index (κ3) is 5.52. The molecule has 3 aliphatic heterocycles. The van der Waals surface area contributed by atoms with E-state index in [0.29, 0.717) is 40.1 Å². The molecule has 3 aliphatic rings. The second-order valence-electron chi connectivity index (χ2n) is 12.2. The van der Waals surface area contributed by atoms with E-state index in [0.717, 1.165) is 54.8 Å². The summed E-state index contributed by atoms with van der Waals surface area (Å²) in [5.41, 5.74) is 3.99.